The maximum atomic E-state index is 10.3. The number of likely N-dealkylation sites (tertiary alicyclic amines) is 1. The van der Waals surface area contributed by atoms with E-state index in [4.69, 9.17) is 17.3 Å². The van der Waals surface area contributed by atoms with E-state index >= 15 is 0 Å². The number of benzene rings is 1. The molecule has 6 nitrogen and oxygen atoms in total. The highest BCUT2D eigenvalue weighted by molar-refractivity contribution is 6.30. The lowest BCUT2D eigenvalue weighted by Crippen LogP contribution is -2.40. The van der Waals surface area contributed by atoms with Gasteiger partial charge in [0.25, 0.3) is 0 Å². The van der Waals surface area contributed by atoms with Crippen LogP contribution in [0, 0.1) is 0 Å². The summed E-state index contributed by atoms with van der Waals surface area (Å²) in [5.74, 6) is 0. The summed E-state index contributed by atoms with van der Waals surface area (Å²) < 4.78 is 1.70. The van der Waals surface area contributed by atoms with Crippen LogP contribution in [0.25, 0.3) is 0 Å². The lowest BCUT2D eigenvalue weighted by atomic mass is 10.1. The van der Waals surface area contributed by atoms with Crippen LogP contribution in [-0.4, -0.2) is 50.7 Å². The highest BCUT2D eigenvalue weighted by Crippen LogP contribution is 2.18. The molecule has 0 bridgehead atoms. The molecule has 0 aliphatic carbocycles. The first-order valence-electron chi connectivity index (χ1n) is 8.40. The standard InChI is InChI=1S/C17H24ClN5O/c18-14-3-1-13(2-4-14)17(24)12-23-11-16(20-21-23)7-10-22-8-5-15(19)6-9-22/h1-4,11,15,17,24H,5-10,12,19H2/t17-/m1/s1. The van der Waals surface area contributed by atoms with Crippen molar-refractivity contribution < 1.29 is 5.11 Å². The minimum atomic E-state index is -0.625. The summed E-state index contributed by atoms with van der Waals surface area (Å²) in [6, 6.07) is 7.56. The van der Waals surface area contributed by atoms with Crippen LogP contribution in [0.15, 0.2) is 30.5 Å². The van der Waals surface area contributed by atoms with Gasteiger partial charge in [0.2, 0.25) is 0 Å². The van der Waals surface area contributed by atoms with Crippen LogP contribution in [-0.2, 0) is 13.0 Å². The Labute approximate surface area is 147 Å². The number of hydrogen-bond donors (Lipinski definition) is 2. The second kappa shape index (κ2) is 8.07. The van der Waals surface area contributed by atoms with E-state index < -0.39 is 6.10 Å². The fraction of sp³-hybridized carbons (Fsp3) is 0.529. The fourth-order valence-electron chi connectivity index (χ4n) is 2.96. The Balaban J connectivity index is 1.49. The number of nitrogens with two attached hydrogens (primary N) is 1. The summed E-state index contributed by atoms with van der Waals surface area (Å²) >= 11 is 5.87. The molecule has 3 rings (SSSR count). The van der Waals surface area contributed by atoms with Crippen LogP contribution in [0.4, 0.5) is 0 Å². The molecule has 1 atom stereocenters. The zero-order chi connectivity index (χ0) is 16.9. The summed E-state index contributed by atoms with van der Waals surface area (Å²) in [7, 11) is 0. The van der Waals surface area contributed by atoms with Gasteiger partial charge in [0.1, 0.15) is 0 Å². The molecular formula is C17H24ClN5O. The fourth-order valence-corrected chi connectivity index (χ4v) is 3.09. The Morgan fingerprint density at radius 3 is 2.67 bits per heavy atom. The Kier molecular flexibility index (Phi) is 5.84. The molecular weight excluding hydrogens is 326 g/mol. The zero-order valence-electron chi connectivity index (χ0n) is 13.7. The van der Waals surface area contributed by atoms with Gasteiger partial charge in [0.15, 0.2) is 0 Å². The summed E-state index contributed by atoms with van der Waals surface area (Å²) in [4.78, 5) is 2.42. The molecule has 130 valence electrons. The van der Waals surface area contributed by atoms with Crippen molar-refractivity contribution in [1.82, 2.24) is 19.9 Å². The van der Waals surface area contributed by atoms with Gasteiger partial charge in [-0.1, -0.05) is 28.9 Å². The average Bonchev–Trinajstić information content (AvgIpc) is 3.02. The van der Waals surface area contributed by atoms with Crippen LogP contribution in [0.2, 0.25) is 5.02 Å². The van der Waals surface area contributed by atoms with Crippen molar-refractivity contribution in [2.24, 2.45) is 5.73 Å². The van der Waals surface area contributed by atoms with E-state index in [1.165, 1.54) is 0 Å². The number of nitrogens with zero attached hydrogens (tertiary/aromatic N) is 4. The number of aliphatic hydroxyl groups excluding tert-OH is 1. The van der Waals surface area contributed by atoms with E-state index in [0.29, 0.717) is 17.6 Å². The van der Waals surface area contributed by atoms with Crippen LogP contribution >= 0.6 is 11.6 Å². The molecule has 3 N–H and O–H groups in total. The molecule has 0 saturated carbocycles. The largest absolute Gasteiger partial charge is 0.386 e. The Morgan fingerprint density at radius 2 is 1.96 bits per heavy atom. The third-order valence-corrected chi connectivity index (χ3v) is 4.77. The first-order chi connectivity index (χ1) is 11.6. The van der Waals surface area contributed by atoms with E-state index in [2.05, 4.69) is 15.2 Å². The van der Waals surface area contributed by atoms with Crippen molar-refractivity contribution in [2.75, 3.05) is 19.6 Å². The van der Waals surface area contributed by atoms with Crippen LogP contribution < -0.4 is 5.73 Å². The molecule has 1 aliphatic heterocycles. The van der Waals surface area contributed by atoms with E-state index in [1.54, 1.807) is 16.8 Å². The van der Waals surface area contributed by atoms with Gasteiger partial charge in [-0.3, -0.25) is 0 Å². The molecule has 0 unspecified atom stereocenters. The van der Waals surface area contributed by atoms with Crippen molar-refractivity contribution in [3.05, 3.63) is 46.7 Å². The van der Waals surface area contributed by atoms with E-state index in [1.807, 2.05) is 18.3 Å². The molecule has 1 aromatic heterocycles. The van der Waals surface area contributed by atoms with Crippen molar-refractivity contribution >= 4 is 11.6 Å². The van der Waals surface area contributed by atoms with Gasteiger partial charge >= 0.3 is 0 Å². The van der Waals surface area contributed by atoms with Crippen molar-refractivity contribution in [1.29, 1.82) is 0 Å². The van der Waals surface area contributed by atoms with Gasteiger partial charge in [-0.2, -0.15) is 0 Å². The summed E-state index contributed by atoms with van der Waals surface area (Å²) in [6.07, 6.45) is 4.29. The lowest BCUT2D eigenvalue weighted by molar-refractivity contribution is 0.150. The van der Waals surface area contributed by atoms with Gasteiger partial charge in [-0.05, 0) is 43.6 Å². The van der Waals surface area contributed by atoms with Crippen molar-refractivity contribution in [3.8, 4) is 0 Å². The van der Waals surface area contributed by atoms with E-state index in [9.17, 15) is 5.11 Å². The summed E-state index contributed by atoms with van der Waals surface area (Å²) in [5.41, 5.74) is 7.70. The first-order valence-corrected chi connectivity index (χ1v) is 8.78. The quantitative estimate of drug-likeness (QED) is 0.828. The maximum Gasteiger partial charge on any atom is 0.0986 e. The predicted octanol–water partition coefficient (Wildman–Crippen LogP) is 1.63. The lowest BCUT2D eigenvalue weighted by Gasteiger charge is -2.29. The first kappa shape index (κ1) is 17.4. The Morgan fingerprint density at radius 1 is 1.25 bits per heavy atom. The molecule has 0 amide bonds. The van der Waals surface area contributed by atoms with Crippen molar-refractivity contribution in [2.45, 2.75) is 38.0 Å². The molecule has 0 spiro atoms. The van der Waals surface area contributed by atoms with Crippen LogP contribution in [0.1, 0.15) is 30.2 Å². The number of piperidine rings is 1. The monoisotopic (exact) mass is 349 g/mol. The van der Waals surface area contributed by atoms with Gasteiger partial charge in [-0.15, -0.1) is 5.10 Å². The van der Waals surface area contributed by atoms with Crippen molar-refractivity contribution in [3.63, 3.8) is 0 Å². The van der Waals surface area contributed by atoms with Gasteiger partial charge < -0.3 is 15.7 Å². The zero-order valence-corrected chi connectivity index (χ0v) is 14.4. The predicted molar refractivity (Wildman–Crippen MR) is 93.8 cm³/mol. The number of hydrogen-bond acceptors (Lipinski definition) is 5. The molecule has 1 fully saturated rings. The SMILES string of the molecule is NC1CCN(CCc2cn(C[C@@H](O)c3ccc(Cl)cc3)nn2)CC1. The van der Waals surface area contributed by atoms with Gasteiger partial charge in [-0.25, -0.2) is 4.68 Å². The number of aromatic nitrogens is 3. The van der Waals surface area contributed by atoms with Gasteiger partial charge in [0.05, 0.1) is 18.3 Å². The van der Waals surface area contributed by atoms with Gasteiger partial charge in [0, 0.05) is 30.2 Å². The molecule has 7 heteroatoms. The molecule has 24 heavy (non-hydrogen) atoms. The summed E-state index contributed by atoms with van der Waals surface area (Å²) in [5, 5.41) is 19.3. The highest BCUT2D eigenvalue weighted by atomic mass is 35.5. The smallest absolute Gasteiger partial charge is 0.0986 e. The topological polar surface area (TPSA) is 80.2 Å². The average molecular weight is 350 g/mol. The third-order valence-electron chi connectivity index (χ3n) is 4.52. The maximum absolute atomic E-state index is 10.3. The molecule has 1 aliphatic rings. The van der Waals surface area contributed by atoms with Crippen LogP contribution in [0.3, 0.4) is 0 Å². The van der Waals surface area contributed by atoms with E-state index in [0.717, 1.165) is 50.2 Å². The highest BCUT2D eigenvalue weighted by Gasteiger charge is 2.16. The third kappa shape index (κ3) is 4.77. The molecule has 0 radical (unpaired) electrons. The normalized spacial score (nSPS) is 18.0. The molecule has 1 saturated heterocycles. The minimum Gasteiger partial charge on any atom is -0.386 e. The number of aliphatic hydroxyl groups is 1. The second-order valence-corrected chi connectivity index (χ2v) is 6.86. The van der Waals surface area contributed by atoms with Crippen LogP contribution in [0.5, 0.6) is 0 Å². The number of rotatable bonds is 6. The van der Waals surface area contributed by atoms with E-state index in [-0.39, 0.29) is 0 Å². The number of halogens is 1. The Hall–Kier alpha value is -1.47. The minimum absolute atomic E-state index is 0.358. The molecule has 2 aromatic rings. The summed E-state index contributed by atoms with van der Waals surface area (Å²) in [6.45, 7) is 3.48. The molecule has 2 heterocycles. The molecule has 1 aromatic carbocycles. The second-order valence-electron chi connectivity index (χ2n) is 6.43. The Bertz CT molecular complexity index is 637.